The van der Waals surface area contributed by atoms with Crippen molar-refractivity contribution in [2.45, 2.75) is 6.92 Å². The third-order valence-corrected chi connectivity index (χ3v) is 2.66. The summed E-state index contributed by atoms with van der Waals surface area (Å²) in [5.41, 5.74) is 0.817. The van der Waals surface area contributed by atoms with Crippen molar-refractivity contribution in [3.8, 4) is 5.69 Å². The van der Waals surface area contributed by atoms with Gasteiger partial charge in [0.05, 0.1) is 18.0 Å². The van der Waals surface area contributed by atoms with Gasteiger partial charge in [-0.05, 0) is 6.92 Å². The highest BCUT2D eigenvalue weighted by atomic mass is 19.2. The van der Waals surface area contributed by atoms with Gasteiger partial charge < -0.3 is 10.1 Å². The number of halogens is 3. The lowest BCUT2D eigenvalue weighted by molar-refractivity contribution is 0.210. The van der Waals surface area contributed by atoms with E-state index in [1.807, 2.05) is 0 Å². The molecular weight excluding hydrogens is 271 g/mol. The second-order valence-corrected chi connectivity index (χ2v) is 4.22. The molecule has 0 fully saturated rings. The summed E-state index contributed by atoms with van der Waals surface area (Å²) in [6.45, 7) is 2.69. The van der Waals surface area contributed by atoms with E-state index < -0.39 is 17.5 Å². The van der Waals surface area contributed by atoms with Crippen LogP contribution >= 0.6 is 0 Å². The molecule has 4 nitrogen and oxygen atoms in total. The first-order chi connectivity index (χ1) is 9.52. The molecule has 0 radical (unpaired) electrons. The van der Waals surface area contributed by atoms with Gasteiger partial charge in [0.2, 0.25) is 5.95 Å². The Hall–Kier alpha value is -2.02. The van der Waals surface area contributed by atoms with Gasteiger partial charge in [0, 0.05) is 32.0 Å². The topological polar surface area (TPSA) is 39.1 Å². The molecule has 1 aromatic heterocycles. The highest BCUT2D eigenvalue weighted by molar-refractivity contribution is 5.43. The molecule has 2 rings (SSSR count). The lowest BCUT2D eigenvalue weighted by atomic mass is 10.3. The summed E-state index contributed by atoms with van der Waals surface area (Å²) >= 11 is 0. The molecule has 0 unspecified atom stereocenters. The van der Waals surface area contributed by atoms with Crippen LogP contribution in [0.15, 0.2) is 18.3 Å². The normalized spacial score (nSPS) is 10.8. The summed E-state index contributed by atoms with van der Waals surface area (Å²) in [7, 11) is 1.56. The monoisotopic (exact) mass is 285 g/mol. The Labute approximate surface area is 114 Å². The smallest absolute Gasteiger partial charge is 0.207 e. The van der Waals surface area contributed by atoms with Crippen molar-refractivity contribution in [3.63, 3.8) is 0 Å². The molecule has 1 heterocycles. The van der Waals surface area contributed by atoms with Gasteiger partial charge in [0.25, 0.3) is 0 Å². The van der Waals surface area contributed by atoms with Crippen molar-refractivity contribution in [2.24, 2.45) is 0 Å². The van der Waals surface area contributed by atoms with Crippen LogP contribution in [0, 0.1) is 24.4 Å². The highest BCUT2D eigenvalue weighted by Gasteiger charge is 2.14. The molecular formula is C13H14F3N3O. The summed E-state index contributed by atoms with van der Waals surface area (Å²) in [6.07, 6.45) is 1.60. The molecule has 0 spiro atoms. The molecule has 1 N–H and O–H groups in total. The van der Waals surface area contributed by atoms with E-state index in [-0.39, 0.29) is 5.69 Å². The number of methoxy groups -OCH3 is 1. The SMILES string of the molecule is COCCNc1nc(C)cn1-c1cc(F)c(F)c(F)c1. The van der Waals surface area contributed by atoms with Crippen molar-refractivity contribution >= 4 is 5.95 Å². The summed E-state index contributed by atoms with van der Waals surface area (Å²) < 4.78 is 45.9. The summed E-state index contributed by atoms with van der Waals surface area (Å²) in [5.74, 6) is -3.56. The lowest BCUT2D eigenvalue weighted by Crippen LogP contribution is -2.12. The van der Waals surface area contributed by atoms with Crippen molar-refractivity contribution in [1.82, 2.24) is 9.55 Å². The van der Waals surface area contributed by atoms with Crippen molar-refractivity contribution in [3.05, 3.63) is 41.5 Å². The number of nitrogens with zero attached hydrogens (tertiary/aromatic N) is 2. The van der Waals surface area contributed by atoms with Crippen LogP contribution in [-0.4, -0.2) is 29.8 Å². The molecule has 108 valence electrons. The molecule has 0 aliphatic carbocycles. The van der Waals surface area contributed by atoms with E-state index in [9.17, 15) is 13.2 Å². The summed E-state index contributed by atoms with van der Waals surface area (Å²) in [6, 6.07) is 1.84. The second-order valence-electron chi connectivity index (χ2n) is 4.22. The van der Waals surface area contributed by atoms with Gasteiger partial charge in [-0.25, -0.2) is 18.2 Å². The van der Waals surface area contributed by atoms with Crippen LogP contribution in [0.5, 0.6) is 0 Å². The van der Waals surface area contributed by atoms with Crippen LogP contribution in [0.1, 0.15) is 5.69 Å². The molecule has 0 amide bonds. The fourth-order valence-corrected chi connectivity index (χ4v) is 1.77. The van der Waals surface area contributed by atoms with Crippen LogP contribution in [0.25, 0.3) is 5.69 Å². The maximum absolute atomic E-state index is 13.3. The standard InChI is InChI=1S/C13H14F3N3O/c1-8-7-19(13(18-8)17-3-4-20-2)9-5-10(14)12(16)11(15)6-9/h5-7H,3-4H2,1-2H3,(H,17,18). The van der Waals surface area contributed by atoms with E-state index in [0.29, 0.717) is 24.8 Å². The van der Waals surface area contributed by atoms with Crippen LogP contribution in [-0.2, 0) is 4.74 Å². The zero-order valence-corrected chi connectivity index (χ0v) is 11.1. The van der Waals surface area contributed by atoms with Crippen LogP contribution in [0.3, 0.4) is 0 Å². The average Bonchev–Trinajstić information content (AvgIpc) is 2.77. The number of anilines is 1. The molecule has 20 heavy (non-hydrogen) atoms. The predicted octanol–water partition coefficient (Wildman–Crippen LogP) is 2.66. The Bertz CT molecular complexity index is 590. The van der Waals surface area contributed by atoms with Gasteiger partial charge in [-0.2, -0.15) is 0 Å². The fraction of sp³-hybridized carbons (Fsp3) is 0.308. The number of rotatable bonds is 5. The number of benzene rings is 1. The number of ether oxygens (including phenoxy) is 1. The average molecular weight is 285 g/mol. The zero-order valence-electron chi connectivity index (χ0n) is 11.1. The van der Waals surface area contributed by atoms with Gasteiger partial charge in [0.15, 0.2) is 17.5 Å². The summed E-state index contributed by atoms with van der Waals surface area (Å²) in [5, 5.41) is 2.98. The first kappa shape index (κ1) is 14.4. The molecule has 7 heteroatoms. The van der Waals surface area contributed by atoms with E-state index in [4.69, 9.17) is 4.74 Å². The van der Waals surface area contributed by atoms with Crippen LogP contribution in [0.2, 0.25) is 0 Å². The molecule has 0 saturated carbocycles. The number of hydrogen-bond donors (Lipinski definition) is 1. The number of hydrogen-bond acceptors (Lipinski definition) is 3. The Morgan fingerprint density at radius 2 is 1.90 bits per heavy atom. The lowest BCUT2D eigenvalue weighted by Gasteiger charge is -2.10. The van der Waals surface area contributed by atoms with E-state index in [0.717, 1.165) is 12.1 Å². The van der Waals surface area contributed by atoms with Gasteiger partial charge in [0.1, 0.15) is 0 Å². The molecule has 0 aliphatic rings. The van der Waals surface area contributed by atoms with Crippen molar-refractivity contribution in [2.75, 3.05) is 25.6 Å². The Morgan fingerprint density at radius 1 is 1.25 bits per heavy atom. The van der Waals surface area contributed by atoms with Crippen LogP contribution < -0.4 is 5.32 Å². The Kier molecular flexibility index (Phi) is 4.29. The third-order valence-electron chi connectivity index (χ3n) is 2.66. The largest absolute Gasteiger partial charge is 0.383 e. The number of imidazole rings is 1. The fourth-order valence-electron chi connectivity index (χ4n) is 1.77. The van der Waals surface area contributed by atoms with Gasteiger partial charge in [-0.15, -0.1) is 0 Å². The van der Waals surface area contributed by atoms with E-state index in [1.165, 1.54) is 4.57 Å². The van der Waals surface area contributed by atoms with Gasteiger partial charge in [-0.3, -0.25) is 4.57 Å². The number of nitrogens with one attached hydrogen (secondary N) is 1. The van der Waals surface area contributed by atoms with Gasteiger partial charge >= 0.3 is 0 Å². The Morgan fingerprint density at radius 3 is 2.50 bits per heavy atom. The summed E-state index contributed by atoms with van der Waals surface area (Å²) in [4.78, 5) is 4.20. The van der Waals surface area contributed by atoms with Crippen molar-refractivity contribution < 1.29 is 17.9 Å². The Balaban J connectivity index is 2.37. The maximum atomic E-state index is 13.3. The molecule has 0 atom stereocenters. The number of aromatic nitrogens is 2. The first-order valence-electron chi connectivity index (χ1n) is 5.96. The minimum absolute atomic E-state index is 0.155. The maximum Gasteiger partial charge on any atom is 0.207 e. The second kappa shape index (κ2) is 5.96. The quantitative estimate of drug-likeness (QED) is 0.678. The third kappa shape index (κ3) is 2.93. The van der Waals surface area contributed by atoms with E-state index in [2.05, 4.69) is 10.3 Å². The van der Waals surface area contributed by atoms with E-state index >= 15 is 0 Å². The minimum atomic E-state index is -1.49. The zero-order chi connectivity index (χ0) is 14.7. The molecule has 0 saturated heterocycles. The molecule has 0 aliphatic heterocycles. The predicted molar refractivity (Wildman–Crippen MR) is 68.5 cm³/mol. The van der Waals surface area contributed by atoms with Crippen LogP contribution in [0.4, 0.5) is 19.1 Å². The molecule has 0 bridgehead atoms. The molecule has 1 aromatic carbocycles. The number of aryl methyl sites for hydroxylation is 1. The first-order valence-corrected chi connectivity index (χ1v) is 5.96. The highest BCUT2D eigenvalue weighted by Crippen LogP contribution is 2.21. The van der Waals surface area contributed by atoms with Crippen molar-refractivity contribution in [1.29, 1.82) is 0 Å². The minimum Gasteiger partial charge on any atom is -0.383 e. The molecule has 2 aromatic rings. The van der Waals surface area contributed by atoms with Gasteiger partial charge in [-0.1, -0.05) is 0 Å². The van der Waals surface area contributed by atoms with E-state index in [1.54, 1.807) is 20.2 Å².